The first-order valence-corrected chi connectivity index (χ1v) is 9.42. The Hall–Kier alpha value is -1.92. The minimum Gasteiger partial charge on any atom is -0.381 e. The molecule has 0 spiro atoms. The Morgan fingerprint density at radius 2 is 1.92 bits per heavy atom. The van der Waals surface area contributed by atoms with Gasteiger partial charge in [-0.2, -0.15) is 0 Å². The van der Waals surface area contributed by atoms with Gasteiger partial charge in [-0.15, -0.1) is 0 Å². The third-order valence-corrected chi connectivity index (χ3v) is 5.98. The number of carbonyl (C=O) groups excluding carboxylic acids is 2. The van der Waals surface area contributed by atoms with Gasteiger partial charge in [-0.1, -0.05) is 30.3 Å². The summed E-state index contributed by atoms with van der Waals surface area (Å²) in [6.07, 6.45) is 1.15. The number of hydrogen-bond acceptors (Lipinski definition) is 4. The second kappa shape index (κ2) is 7.37. The zero-order chi connectivity index (χ0) is 18.1. The Morgan fingerprint density at radius 3 is 2.62 bits per heavy atom. The van der Waals surface area contributed by atoms with Crippen LogP contribution < -0.4 is 0 Å². The van der Waals surface area contributed by atoms with Gasteiger partial charge < -0.3 is 19.3 Å². The lowest BCUT2D eigenvalue weighted by Gasteiger charge is -2.29. The number of nitrogens with zero attached hydrogens (tertiary/aromatic N) is 2. The molecule has 3 fully saturated rings. The Kier molecular flexibility index (Phi) is 4.96. The topological polar surface area (TPSA) is 59.1 Å². The molecule has 3 aliphatic rings. The smallest absolute Gasteiger partial charge is 0.252 e. The maximum Gasteiger partial charge on any atom is 0.252 e. The second-order valence-corrected chi connectivity index (χ2v) is 7.47. The molecule has 0 aromatic heterocycles. The van der Waals surface area contributed by atoms with Gasteiger partial charge in [0.2, 0.25) is 5.91 Å². The van der Waals surface area contributed by atoms with Crippen molar-refractivity contribution in [1.29, 1.82) is 0 Å². The van der Waals surface area contributed by atoms with Gasteiger partial charge in [0.1, 0.15) is 6.10 Å². The number of amides is 2. The molecule has 3 saturated heterocycles. The van der Waals surface area contributed by atoms with E-state index in [-0.39, 0.29) is 29.7 Å². The predicted molar refractivity (Wildman–Crippen MR) is 95.2 cm³/mol. The van der Waals surface area contributed by atoms with Gasteiger partial charge in [-0.05, 0) is 18.4 Å². The van der Waals surface area contributed by atoms with Crippen LogP contribution in [0.25, 0.3) is 0 Å². The van der Waals surface area contributed by atoms with E-state index >= 15 is 0 Å². The summed E-state index contributed by atoms with van der Waals surface area (Å²) in [5, 5.41) is 0. The number of hydrogen-bond donors (Lipinski definition) is 0. The van der Waals surface area contributed by atoms with Crippen molar-refractivity contribution in [3.63, 3.8) is 0 Å². The van der Waals surface area contributed by atoms with Crippen LogP contribution in [0.4, 0.5) is 0 Å². The maximum atomic E-state index is 12.9. The van der Waals surface area contributed by atoms with Gasteiger partial charge in [0.25, 0.3) is 5.91 Å². The molecule has 6 nitrogen and oxygen atoms in total. The number of methoxy groups -OCH3 is 1. The number of carbonyl (C=O) groups is 2. The van der Waals surface area contributed by atoms with Gasteiger partial charge in [0.05, 0.1) is 6.04 Å². The van der Waals surface area contributed by atoms with Gasteiger partial charge >= 0.3 is 0 Å². The summed E-state index contributed by atoms with van der Waals surface area (Å²) in [4.78, 5) is 29.6. The predicted octanol–water partition coefficient (Wildman–Crippen LogP) is 1.30. The van der Waals surface area contributed by atoms with Crippen LogP contribution in [0.5, 0.6) is 0 Å². The van der Waals surface area contributed by atoms with Gasteiger partial charge in [-0.25, -0.2) is 0 Å². The van der Waals surface area contributed by atoms with Crippen LogP contribution in [0.15, 0.2) is 30.3 Å². The molecule has 2 amide bonds. The van der Waals surface area contributed by atoms with Crippen molar-refractivity contribution in [1.82, 2.24) is 9.80 Å². The Balaban J connectivity index is 1.49. The van der Waals surface area contributed by atoms with Crippen LogP contribution in [-0.2, 0) is 25.6 Å². The molecule has 26 heavy (non-hydrogen) atoms. The average Bonchev–Trinajstić information content (AvgIpc) is 3.21. The quantitative estimate of drug-likeness (QED) is 0.814. The van der Waals surface area contributed by atoms with Crippen LogP contribution >= 0.6 is 0 Å². The van der Waals surface area contributed by atoms with Crippen LogP contribution in [0.1, 0.15) is 18.4 Å². The SMILES string of the molecule is CO[C@@H]1C(=O)N(Cc2ccccc2)[C@@H]2CN(C(=O)C3CCOCC3)C[C@H]12. The summed E-state index contributed by atoms with van der Waals surface area (Å²) in [7, 11) is 1.59. The lowest BCUT2D eigenvalue weighted by molar-refractivity contribution is -0.142. The monoisotopic (exact) mass is 358 g/mol. The zero-order valence-corrected chi connectivity index (χ0v) is 15.2. The van der Waals surface area contributed by atoms with E-state index in [2.05, 4.69) is 0 Å². The van der Waals surface area contributed by atoms with Crippen LogP contribution in [0.3, 0.4) is 0 Å². The number of benzene rings is 1. The van der Waals surface area contributed by atoms with Gasteiger partial charge in [0, 0.05) is 51.8 Å². The molecule has 3 aliphatic heterocycles. The van der Waals surface area contributed by atoms with E-state index in [1.807, 2.05) is 40.1 Å². The molecule has 4 rings (SSSR count). The number of fused-ring (bicyclic) bond motifs is 1. The summed E-state index contributed by atoms with van der Waals surface area (Å²) in [6, 6.07) is 10.0. The van der Waals surface area contributed by atoms with Crippen LogP contribution in [-0.4, -0.2) is 67.2 Å². The number of likely N-dealkylation sites (tertiary alicyclic amines) is 2. The highest BCUT2D eigenvalue weighted by Gasteiger charge is 2.53. The molecule has 3 heterocycles. The molecule has 0 aliphatic carbocycles. The number of ether oxygens (including phenoxy) is 2. The summed E-state index contributed by atoms with van der Waals surface area (Å²) in [5.74, 6) is 0.371. The Labute approximate surface area is 154 Å². The van der Waals surface area contributed by atoms with Crippen molar-refractivity contribution in [2.24, 2.45) is 11.8 Å². The van der Waals surface area contributed by atoms with Crippen molar-refractivity contribution in [3.8, 4) is 0 Å². The molecule has 0 radical (unpaired) electrons. The standard InChI is InChI=1S/C20H26N2O4/c1-25-18-16-12-21(19(23)15-7-9-26-10-8-15)13-17(16)22(20(18)24)11-14-5-3-2-4-6-14/h2-6,15-18H,7-13H2,1H3/t16-,17+,18-/m0/s1. The largest absolute Gasteiger partial charge is 0.381 e. The van der Waals surface area contributed by atoms with Crippen LogP contribution in [0, 0.1) is 11.8 Å². The normalized spacial score (nSPS) is 29.3. The second-order valence-electron chi connectivity index (χ2n) is 7.47. The fourth-order valence-electron chi connectivity index (χ4n) is 4.58. The van der Waals surface area contributed by atoms with Crippen molar-refractivity contribution < 1.29 is 19.1 Å². The van der Waals surface area contributed by atoms with Gasteiger partial charge in [-0.3, -0.25) is 9.59 Å². The van der Waals surface area contributed by atoms with E-state index in [0.29, 0.717) is 32.8 Å². The first-order chi connectivity index (χ1) is 12.7. The summed E-state index contributed by atoms with van der Waals surface area (Å²) in [5.41, 5.74) is 1.10. The maximum absolute atomic E-state index is 12.9. The molecule has 1 aromatic carbocycles. The summed E-state index contributed by atoms with van der Waals surface area (Å²) >= 11 is 0. The van der Waals surface area contributed by atoms with Crippen molar-refractivity contribution >= 4 is 11.8 Å². The summed E-state index contributed by atoms with van der Waals surface area (Å²) < 4.78 is 10.9. The van der Waals surface area contributed by atoms with E-state index in [9.17, 15) is 9.59 Å². The highest BCUT2D eigenvalue weighted by atomic mass is 16.5. The van der Waals surface area contributed by atoms with E-state index < -0.39 is 6.10 Å². The Bertz CT molecular complexity index is 659. The fraction of sp³-hybridized carbons (Fsp3) is 0.600. The molecule has 1 aromatic rings. The summed E-state index contributed by atoms with van der Waals surface area (Å²) in [6.45, 7) is 3.11. The molecule has 0 N–H and O–H groups in total. The molecule has 0 bridgehead atoms. The first kappa shape index (κ1) is 17.5. The molecule has 6 heteroatoms. The third kappa shape index (κ3) is 3.12. The minimum atomic E-state index is -0.448. The molecule has 3 atom stereocenters. The van der Waals surface area contributed by atoms with Crippen molar-refractivity contribution in [2.45, 2.75) is 31.5 Å². The van der Waals surface area contributed by atoms with Gasteiger partial charge in [0.15, 0.2) is 0 Å². The third-order valence-electron chi connectivity index (χ3n) is 5.98. The van der Waals surface area contributed by atoms with E-state index in [0.717, 1.165) is 18.4 Å². The Morgan fingerprint density at radius 1 is 1.19 bits per heavy atom. The fourth-order valence-corrected chi connectivity index (χ4v) is 4.58. The first-order valence-electron chi connectivity index (χ1n) is 9.42. The highest BCUT2D eigenvalue weighted by Crippen LogP contribution is 2.36. The van der Waals surface area contributed by atoms with E-state index in [4.69, 9.17) is 9.47 Å². The highest BCUT2D eigenvalue weighted by molar-refractivity contribution is 5.86. The molecule has 0 unspecified atom stereocenters. The lowest BCUT2D eigenvalue weighted by atomic mass is 9.98. The molecular formula is C20H26N2O4. The lowest BCUT2D eigenvalue weighted by Crippen LogP contribution is -2.43. The average molecular weight is 358 g/mol. The van der Waals surface area contributed by atoms with E-state index in [1.54, 1.807) is 7.11 Å². The van der Waals surface area contributed by atoms with Crippen molar-refractivity contribution in [3.05, 3.63) is 35.9 Å². The molecule has 0 saturated carbocycles. The van der Waals surface area contributed by atoms with E-state index in [1.165, 1.54) is 0 Å². The van der Waals surface area contributed by atoms with Crippen molar-refractivity contribution in [2.75, 3.05) is 33.4 Å². The molecular weight excluding hydrogens is 332 g/mol. The zero-order valence-electron chi connectivity index (χ0n) is 15.2. The minimum absolute atomic E-state index is 0.0384. The number of rotatable bonds is 4. The molecule has 140 valence electrons. The van der Waals surface area contributed by atoms with Crippen LogP contribution in [0.2, 0.25) is 0 Å².